The molecule has 0 radical (unpaired) electrons. The second-order valence-corrected chi connectivity index (χ2v) is 7.46. The Morgan fingerprint density at radius 3 is 2.85 bits per heavy atom. The van der Waals surface area contributed by atoms with E-state index in [0.717, 1.165) is 33.5 Å². The molecule has 3 aromatic rings. The Morgan fingerprint density at radius 2 is 2.11 bits per heavy atom. The first kappa shape index (κ1) is 19.2. The summed E-state index contributed by atoms with van der Waals surface area (Å²) in [6.45, 7) is 4.41. The largest absolute Gasteiger partial charge is 0.456 e. The van der Waals surface area contributed by atoms with Crippen LogP contribution in [-0.4, -0.2) is 30.0 Å². The van der Waals surface area contributed by atoms with Gasteiger partial charge in [0.15, 0.2) is 6.61 Å². The van der Waals surface area contributed by atoms with Crippen LogP contribution in [0.4, 0.5) is 0 Å². The summed E-state index contributed by atoms with van der Waals surface area (Å²) in [7, 11) is 0. The summed E-state index contributed by atoms with van der Waals surface area (Å²) in [5.74, 6) is -0.618. The van der Waals surface area contributed by atoms with E-state index < -0.39 is 0 Å². The lowest BCUT2D eigenvalue weighted by Gasteiger charge is -2.07. The predicted octanol–water partition coefficient (Wildman–Crippen LogP) is 4.21. The van der Waals surface area contributed by atoms with Crippen molar-refractivity contribution in [3.63, 3.8) is 0 Å². The number of hydrogen-bond acceptors (Lipinski definition) is 4. The summed E-state index contributed by atoms with van der Waals surface area (Å²) < 4.78 is 5.11. The van der Waals surface area contributed by atoms with Crippen LogP contribution in [0.3, 0.4) is 0 Å². The van der Waals surface area contributed by atoms with Crippen LogP contribution in [0.15, 0.2) is 35.7 Å². The number of aromatic nitrogens is 1. The zero-order valence-corrected chi connectivity index (χ0v) is 16.4. The second-order valence-electron chi connectivity index (χ2n) is 6.52. The van der Waals surface area contributed by atoms with Crippen LogP contribution in [-0.2, 0) is 20.7 Å². The van der Waals surface area contributed by atoms with Gasteiger partial charge in [0.1, 0.15) is 0 Å². The average Bonchev–Trinajstić information content (AvgIpc) is 3.30. The molecule has 0 unspecified atom stereocenters. The number of hydrogen-bond donors (Lipinski definition) is 2. The molecule has 1 aromatic carbocycles. The first-order valence-corrected chi connectivity index (χ1v) is 10.0. The molecule has 0 saturated heterocycles. The lowest BCUT2D eigenvalue weighted by molar-refractivity contribution is -0.148. The SMILES string of the molecule is CCCNC(=O)COC(=O)CCc1c(-c2cccs2)[nH]c2ccc(C)cc12. The minimum Gasteiger partial charge on any atom is -0.456 e. The van der Waals surface area contributed by atoms with Crippen molar-refractivity contribution >= 4 is 34.1 Å². The van der Waals surface area contributed by atoms with E-state index in [1.165, 1.54) is 5.56 Å². The third kappa shape index (κ3) is 4.77. The third-order valence-electron chi connectivity index (χ3n) is 4.34. The fourth-order valence-electron chi connectivity index (χ4n) is 3.01. The molecule has 2 N–H and O–H groups in total. The maximum atomic E-state index is 12.1. The Kier molecular flexibility index (Phi) is 6.29. The fourth-order valence-corrected chi connectivity index (χ4v) is 3.77. The van der Waals surface area contributed by atoms with Gasteiger partial charge in [-0.05, 0) is 48.9 Å². The van der Waals surface area contributed by atoms with E-state index in [1.54, 1.807) is 11.3 Å². The summed E-state index contributed by atoms with van der Waals surface area (Å²) in [6.07, 6.45) is 1.65. The number of nitrogens with one attached hydrogen (secondary N) is 2. The molecule has 142 valence electrons. The highest BCUT2D eigenvalue weighted by molar-refractivity contribution is 7.13. The van der Waals surface area contributed by atoms with E-state index in [-0.39, 0.29) is 24.9 Å². The number of fused-ring (bicyclic) bond motifs is 1. The zero-order valence-electron chi connectivity index (χ0n) is 15.6. The van der Waals surface area contributed by atoms with Crippen LogP contribution >= 0.6 is 11.3 Å². The number of carbonyl (C=O) groups is 2. The van der Waals surface area contributed by atoms with E-state index in [9.17, 15) is 9.59 Å². The summed E-state index contributed by atoms with van der Waals surface area (Å²) in [5.41, 5.74) is 4.41. The highest BCUT2D eigenvalue weighted by Gasteiger charge is 2.16. The van der Waals surface area contributed by atoms with Crippen LogP contribution in [0, 0.1) is 6.92 Å². The quantitative estimate of drug-likeness (QED) is 0.572. The molecule has 0 aliphatic rings. The maximum Gasteiger partial charge on any atom is 0.306 e. The Morgan fingerprint density at radius 1 is 1.26 bits per heavy atom. The Hall–Kier alpha value is -2.60. The smallest absolute Gasteiger partial charge is 0.306 e. The van der Waals surface area contributed by atoms with E-state index >= 15 is 0 Å². The zero-order chi connectivity index (χ0) is 19.2. The van der Waals surface area contributed by atoms with Gasteiger partial charge in [0.2, 0.25) is 0 Å². The molecule has 0 aliphatic heterocycles. The molecule has 5 nitrogen and oxygen atoms in total. The van der Waals surface area contributed by atoms with E-state index in [2.05, 4.69) is 41.5 Å². The minimum absolute atomic E-state index is 0.219. The number of ether oxygens (including phenoxy) is 1. The van der Waals surface area contributed by atoms with Gasteiger partial charge in [-0.3, -0.25) is 9.59 Å². The number of esters is 1. The first-order valence-electron chi connectivity index (χ1n) is 9.16. The van der Waals surface area contributed by atoms with Crippen LogP contribution in [0.1, 0.15) is 30.9 Å². The molecule has 2 aromatic heterocycles. The van der Waals surface area contributed by atoms with Gasteiger partial charge in [-0.15, -0.1) is 11.3 Å². The fraction of sp³-hybridized carbons (Fsp3) is 0.333. The standard InChI is InChI=1S/C21H24N2O3S/c1-3-10-22-19(24)13-26-20(25)9-7-15-16-12-14(2)6-8-17(16)23-21(15)18-5-4-11-27-18/h4-6,8,11-12,23H,3,7,9-10,13H2,1-2H3,(H,22,24). The van der Waals surface area contributed by atoms with Crippen molar-refractivity contribution in [2.45, 2.75) is 33.1 Å². The van der Waals surface area contributed by atoms with Gasteiger partial charge in [-0.2, -0.15) is 0 Å². The molecule has 3 rings (SSSR count). The lowest BCUT2D eigenvalue weighted by atomic mass is 10.0. The monoisotopic (exact) mass is 384 g/mol. The van der Waals surface area contributed by atoms with Gasteiger partial charge in [0.25, 0.3) is 5.91 Å². The summed E-state index contributed by atoms with van der Waals surface area (Å²) in [4.78, 5) is 28.3. The molecule has 0 bridgehead atoms. The Bertz CT molecular complexity index is 928. The van der Waals surface area contributed by atoms with Gasteiger partial charge in [-0.25, -0.2) is 0 Å². The van der Waals surface area contributed by atoms with Crippen molar-refractivity contribution in [2.75, 3.05) is 13.2 Å². The van der Waals surface area contributed by atoms with Gasteiger partial charge in [0, 0.05) is 23.9 Å². The number of aromatic amines is 1. The summed E-state index contributed by atoms with van der Waals surface area (Å²) >= 11 is 1.67. The predicted molar refractivity (Wildman–Crippen MR) is 109 cm³/mol. The molecule has 2 heterocycles. The minimum atomic E-state index is -0.360. The van der Waals surface area contributed by atoms with E-state index in [1.807, 2.05) is 18.4 Å². The van der Waals surface area contributed by atoms with Gasteiger partial charge >= 0.3 is 5.97 Å². The normalized spacial score (nSPS) is 10.9. The van der Waals surface area contributed by atoms with Crippen molar-refractivity contribution in [1.82, 2.24) is 10.3 Å². The van der Waals surface area contributed by atoms with Crippen molar-refractivity contribution in [3.05, 3.63) is 46.8 Å². The number of thiophene rings is 1. The number of benzene rings is 1. The molecule has 0 spiro atoms. The maximum absolute atomic E-state index is 12.1. The highest BCUT2D eigenvalue weighted by atomic mass is 32.1. The number of carbonyl (C=O) groups excluding carboxylic acids is 2. The van der Waals surface area contributed by atoms with Crippen LogP contribution in [0.25, 0.3) is 21.5 Å². The molecule has 27 heavy (non-hydrogen) atoms. The van der Waals surface area contributed by atoms with Gasteiger partial charge in [-0.1, -0.05) is 24.6 Å². The highest BCUT2D eigenvalue weighted by Crippen LogP contribution is 2.34. The van der Waals surface area contributed by atoms with Crippen molar-refractivity contribution in [1.29, 1.82) is 0 Å². The lowest BCUT2D eigenvalue weighted by Crippen LogP contribution is -2.29. The topological polar surface area (TPSA) is 71.2 Å². The number of H-pyrrole nitrogens is 1. The van der Waals surface area contributed by atoms with Crippen molar-refractivity contribution < 1.29 is 14.3 Å². The molecule has 0 saturated carbocycles. The van der Waals surface area contributed by atoms with Crippen molar-refractivity contribution in [3.8, 4) is 10.6 Å². The van der Waals surface area contributed by atoms with Gasteiger partial charge in [0.05, 0.1) is 10.6 Å². The molecular formula is C21H24N2O3S. The first-order chi connectivity index (χ1) is 13.1. The molecule has 6 heteroatoms. The molecule has 1 amide bonds. The Balaban J connectivity index is 1.72. The summed E-state index contributed by atoms with van der Waals surface area (Å²) in [5, 5.41) is 5.87. The van der Waals surface area contributed by atoms with Crippen LogP contribution in [0.5, 0.6) is 0 Å². The number of aryl methyl sites for hydroxylation is 2. The number of amides is 1. The van der Waals surface area contributed by atoms with Crippen molar-refractivity contribution in [2.24, 2.45) is 0 Å². The van der Waals surface area contributed by atoms with Gasteiger partial charge < -0.3 is 15.0 Å². The summed E-state index contributed by atoms with van der Waals surface area (Å²) in [6, 6.07) is 10.4. The van der Waals surface area contributed by atoms with E-state index in [0.29, 0.717) is 13.0 Å². The molecule has 0 atom stereocenters. The van der Waals surface area contributed by atoms with E-state index in [4.69, 9.17) is 4.74 Å². The Labute approximate surface area is 162 Å². The number of rotatable bonds is 8. The average molecular weight is 385 g/mol. The molecule has 0 aliphatic carbocycles. The van der Waals surface area contributed by atoms with Crippen LogP contribution < -0.4 is 5.32 Å². The third-order valence-corrected chi connectivity index (χ3v) is 5.23. The molecular weight excluding hydrogens is 360 g/mol. The van der Waals surface area contributed by atoms with Crippen LogP contribution in [0.2, 0.25) is 0 Å². The molecule has 0 fully saturated rings. The second kappa shape index (κ2) is 8.86.